The minimum atomic E-state index is -0.370. The lowest BCUT2D eigenvalue weighted by molar-refractivity contribution is 0.128. The molecule has 0 aliphatic carbocycles. The molecule has 4 nitrogen and oxygen atoms in total. The normalized spacial score (nSPS) is 11.0. The highest BCUT2D eigenvalue weighted by Crippen LogP contribution is 2.35. The summed E-state index contributed by atoms with van der Waals surface area (Å²) in [5, 5.41) is 3.77. The smallest absolute Gasteiger partial charge is 0.162 e. The predicted molar refractivity (Wildman–Crippen MR) is 123 cm³/mol. The lowest BCUT2D eigenvalue weighted by atomic mass is 10.2. The summed E-state index contributed by atoms with van der Waals surface area (Å²) in [7, 11) is 0. The molecule has 2 aromatic rings. The fourth-order valence-electron chi connectivity index (χ4n) is 2.76. The first kappa shape index (κ1) is 24.9. The largest absolute Gasteiger partial charge is 0.490 e. The van der Waals surface area contributed by atoms with Crippen molar-refractivity contribution >= 4 is 27.5 Å². The van der Waals surface area contributed by atoms with Crippen molar-refractivity contribution < 1.29 is 18.6 Å². The van der Waals surface area contributed by atoms with E-state index in [1.165, 1.54) is 12.1 Å². The molecule has 2 aromatic carbocycles. The Morgan fingerprint density at radius 1 is 1.00 bits per heavy atom. The molecular formula is C23H30BrClFNO3. The Balaban J connectivity index is 1.92. The van der Waals surface area contributed by atoms with Crippen molar-refractivity contribution in [3.8, 4) is 11.5 Å². The van der Waals surface area contributed by atoms with Gasteiger partial charge in [0, 0.05) is 29.8 Å². The molecule has 0 saturated heterocycles. The summed E-state index contributed by atoms with van der Waals surface area (Å²) in [6.07, 6.45) is 3.24. The van der Waals surface area contributed by atoms with Crippen LogP contribution in [0.15, 0.2) is 34.8 Å². The standard InChI is InChI=1S/C23H30BrClFNO3/c1-3-5-10-28-11-6-9-27-15-18-12-22(29-4-2)23(14-20(18)24)30-16-17-7-8-19(26)13-21(17)25/h7-8,12-14,27H,3-6,9-11,15-16H2,1-2H3. The Morgan fingerprint density at radius 3 is 2.50 bits per heavy atom. The number of benzene rings is 2. The third kappa shape index (κ3) is 8.42. The third-order valence-corrected chi connectivity index (χ3v) is 5.50. The van der Waals surface area contributed by atoms with Gasteiger partial charge in [-0.15, -0.1) is 0 Å². The van der Waals surface area contributed by atoms with E-state index in [0.29, 0.717) is 35.2 Å². The Hall–Kier alpha value is -1.34. The van der Waals surface area contributed by atoms with E-state index in [1.807, 2.05) is 19.1 Å². The number of unbranched alkanes of at least 4 members (excludes halogenated alkanes) is 1. The van der Waals surface area contributed by atoms with E-state index in [9.17, 15) is 4.39 Å². The molecule has 30 heavy (non-hydrogen) atoms. The van der Waals surface area contributed by atoms with Crippen LogP contribution in [0.25, 0.3) is 0 Å². The van der Waals surface area contributed by atoms with Crippen LogP contribution in [0.4, 0.5) is 4.39 Å². The molecule has 2 rings (SSSR count). The number of hydrogen-bond donors (Lipinski definition) is 1. The Bertz CT molecular complexity index is 791. The van der Waals surface area contributed by atoms with Gasteiger partial charge in [-0.25, -0.2) is 4.39 Å². The second kappa shape index (κ2) is 13.9. The summed E-state index contributed by atoms with van der Waals surface area (Å²) in [5.74, 6) is 0.904. The van der Waals surface area contributed by atoms with Gasteiger partial charge in [0.2, 0.25) is 0 Å². The van der Waals surface area contributed by atoms with Crippen LogP contribution in [-0.4, -0.2) is 26.4 Å². The van der Waals surface area contributed by atoms with Crippen LogP contribution in [0.5, 0.6) is 11.5 Å². The molecule has 0 fully saturated rings. The van der Waals surface area contributed by atoms with Crippen LogP contribution in [0.2, 0.25) is 5.02 Å². The zero-order chi connectivity index (χ0) is 21.8. The molecule has 0 saturated carbocycles. The molecule has 7 heteroatoms. The van der Waals surface area contributed by atoms with Crippen molar-refractivity contribution in [1.82, 2.24) is 5.32 Å². The highest BCUT2D eigenvalue weighted by molar-refractivity contribution is 9.10. The third-order valence-electron chi connectivity index (χ3n) is 4.41. The topological polar surface area (TPSA) is 39.7 Å². The van der Waals surface area contributed by atoms with Gasteiger partial charge in [-0.1, -0.05) is 46.9 Å². The molecule has 0 heterocycles. The van der Waals surface area contributed by atoms with E-state index in [2.05, 4.69) is 28.2 Å². The van der Waals surface area contributed by atoms with Gasteiger partial charge in [0.25, 0.3) is 0 Å². The number of hydrogen-bond acceptors (Lipinski definition) is 4. The molecule has 0 unspecified atom stereocenters. The second-order valence-corrected chi connectivity index (χ2v) is 8.11. The van der Waals surface area contributed by atoms with E-state index < -0.39 is 0 Å². The maximum Gasteiger partial charge on any atom is 0.162 e. The van der Waals surface area contributed by atoms with Gasteiger partial charge in [-0.2, -0.15) is 0 Å². The highest BCUT2D eigenvalue weighted by Gasteiger charge is 2.12. The monoisotopic (exact) mass is 501 g/mol. The van der Waals surface area contributed by atoms with Gasteiger partial charge >= 0.3 is 0 Å². The van der Waals surface area contributed by atoms with Crippen LogP contribution < -0.4 is 14.8 Å². The van der Waals surface area contributed by atoms with E-state index in [0.717, 1.165) is 49.1 Å². The quantitative estimate of drug-likeness (QED) is 0.299. The number of rotatable bonds is 14. The molecule has 0 aliphatic heterocycles. The van der Waals surface area contributed by atoms with Crippen LogP contribution in [-0.2, 0) is 17.9 Å². The highest BCUT2D eigenvalue weighted by atomic mass is 79.9. The fourth-order valence-corrected chi connectivity index (χ4v) is 3.44. The van der Waals surface area contributed by atoms with Gasteiger partial charge in [-0.05, 0) is 56.1 Å². The van der Waals surface area contributed by atoms with E-state index in [1.54, 1.807) is 6.07 Å². The lowest BCUT2D eigenvalue weighted by Crippen LogP contribution is -2.17. The molecule has 0 atom stereocenters. The Morgan fingerprint density at radius 2 is 1.77 bits per heavy atom. The number of ether oxygens (including phenoxy) is 3. The Labute approximate surface area is 192 Å². The maximum absolute atomic E-state index is 13.2. The minimum absolute atomic E-state index is 0.223. The van der Waals surface area contributed by atoms with Gasteiger partial charge in [0.05, 0.1) is 11.6 Å². The molecule has 0 spiro atoms. The second-order valence-electron chi connectivity index (χ2n) is 6.84. The molecule has 0 bridgehead atoms. The molecule has 0 amide bonds. The van der Waals surface area contributed by atoms with E-state index in [-0.39, 0.29) is 12.4 Å². The fraction of sp³-hybridized carbons (Fsp3) is 0.478. The predicted octanol–water partition coefficient (Wildman–Crippen LogP) is 6.52. The molecule has 1 N–H and O–H groups in total. The SMILES string of the molecule is CCCCOCCCNCc1cc(OCC)c(OCc2ccc(F)cc2Cl)cc1Br. The van der Waals surface area contributed by atoms with Crippen LogP contribution in [0, 0.1) is 5.82 Å². The van der Waals surface area contributed by atoms with Crippen LogP contribution in [0.1, 0.15) is 44.2 Å². The van der Waals surface area contributed by atoms with E-state index >= 15 is 0 Å². The minimum Gasteiger partial charge on any atom is -0.490 e. The average molecular weight is 503 g/mol. The molecule has 0 radical (unpaired) electrons. The van der Waals surface area contributed by atoms with Crippen molar-refractivity contribution in [2.75, 3.05) is 26.4 Å². The van der Waals surface area contributed by atoms with Gasteiger partial charge in [-0.3, -0.25) is 0 Å². The number of nitrogens with one attached hydrogen (secondary N) is 1. The van der Waals surface area contributed by atoms with Crippen molar-refractivity contribution in [3.05, 3.63) is 56.8 Å². The molecule has 0 aliphatic rings. The zero-order valence-corrected chi connectivity index (χ0v) is 20.0. The number of halogens is 3. The average Bonchev–Trinajstić information content (AvgIpc) is 2.72. The maximum atomic E-state index is 13.2. The summed E-state index contributed by atoms with van der Waals surface area (Å²) < 4.78 is 31.4. The summed E-state index contributed by atoms with van der Waals surface area (Å²) in [6.45, 7) is 8.04. The van der Waals surface area contributed by atoms with Gasteiger partial charge < -0.3 is 19.5 Å². The van der Waals surface area contributed by atoms with Crippen LogP contribution in [0.3, 0.4) is 0 Å². The lowest BCUT2D eigenvalue weighted by Gasteiger charge is -2.16. The van der Waals surface area contributed by atoms with Crippen molar-refractivity contribution in [2.45, 2.75) is 46.3 Å². The molecule has 0 aromatic heterocycles. The first-order valence-electron chi connectivity index (χ1n) is 10.4. The van der Waals surface area contributed by atoms with Crippen molar-refractivity contribution in [3.63, 3.8) is 0 Å². The molecular weight excluding hydrogens is 473 g/mol. The Kier molecular flexibility index (Phi) is 11.5. The summed E-state index contributed by atoms with van der Waals surface area (Å²) >= 11 is 9.71. The molecule has 166 valence electrons. The summed E-state index contributed by atoms with van der Waals surface area (Å²) in [5.41, 5.74) is 1.79. The zero-order valence-electron chi connectivity index (χ0n) is 17.6. The summed E-state index contributed by atoms with van der Waals surface area (Å²) in [6, 6.07) is 8.14. The van der Waals surface area contributed by atoms with Crippen LogP contribution >= 0.6 is 27.5 Å². The summed E-state index contributed by atoms with van der Waals surface area (Å²) in [4.78, 5) is 0. The van der Waals surface area contributed by atoms with Gasteiger partial charge in [0.1, 0.15) is 12.4 Å². The van der Waals surface area contributed by atoms with Crippen molar-refractivity contribution in [2.24, 2.45) is 0 Å². The van der Waals surface area contributed by atoms with Gasteiger partial charge in [0.15, 0.2) is 11.5 Å². The van der Waals surface area contributed by atoms with Crippen molar-refractivity contribution in [1.29, 1.82) is 0 Å². The van der Waals surface area contributed by atoms with E-state index in [4.69, 9.17) is 25.8 Å². The first-order chi connectivity index (χ1) is 14.5. The first-order valence-corrected chi connectivity index (χ1v) is 11.5.